The van der Waals surface area contributed by atoms with Crippen LogP contribution in [0.15, 0.2) is 22.7 Å². The Morgan fingerprint density at radius 1 is 1.46 bits per heavy atom. The summed E-state index contributed by atoms with van der Waals surface area (Å²) in [5.74, 6) is 0. The van der Waals surface area contributed by atoms with Crippen molar-refractivity contribution in [3.63, 3.8) is 0 Å². The Hall–Kier alpha value is -0.250. The third-order valence-corrected chi connectivity index (χ3v) is 3.30. The molecule has 0 bridgehead atoms. The monoisotopic (exact) mass is 260 g/mol. The van der Waals surface area contributed by atoms with Gasteiger partial charge in [-0.05, 0) is 34.1 Å². The van der Waals surface area contributed by atoms with Crippen LogP contribution in [-0.2, 0) is 0 Å². The standard InChI is InChI=1S/C9H10BrClN2/c10-8-2-1-6(3-9(8)11)13-7-4-12-5-7/h1-3,7,12-13H,4-5H2. The molecule has 13 heavy (non-hydrogen) atoms. The Balaban J connectivity index is 2.07. The van der Waals surface area contributed by atoms with Crippen LogP contribution in [0.1, 0.15) is 0 Å². The second kappa shape index (κ2) is 3.86. The first-order chi connectivity index (χ1) is 6.25. The van der Waals surface area contributed by atoms with E-state index in [1.165, 1.54) is 0 Å². The van der Waals surface area contributed by atoms with Crippen LogP contribution < -0.4 is 10.6 Å². The van der Waals surface area contributed by atoms with Crippen molar-refractivity contribution in [1.29, 1.82) is 0 Å². The number of hydrogen-bond donors (Lipinski definition) is 2. The summed E-state index contributed by atoms with van der Waals surface area (Å²) in [6, 6.07) is 6.46. The molecule has 1 fully saturated rings. The van der Waals surface area contributed by atoms with E-state index >= 15 is 0 Å². The van der Waals surface area contributed by atoms with Gasteiger partial charge in [0.15, 0.2) is 0 Å². The lowest BCUT2D eigenvalue weighted by atomic mass is 10.1. The molecule has 2 N–H and O–H groups in total. The van der Waals surface area contributed by atoms with Gasteiger partial charge in [0, 0.05) is 23.2 Å². The molecule has 0 spiro atoms. The Labute approximate surface area is 90.8 Å². The molecule has 0 aliphatic carbocycles. The summed E-state index contributed by atoms with van der Waals surface area (Å²) in [5, 5.41) is 7.33. The normalized spacial score (nSPS) is 16.8. The maximum Gasteiger partial charge on any atom is 0.0568 e. The van der Waals surface area contributed by atoms with Crippen molar-refractivity contribution in [2.24, 2.45) is 0 Å². The van der Waals surface area contributed by atoms with Gasteiger partial charge in [-0.15, -0.1) is 0 Å². The van der Waals surface area contributed by atoms with Gasteiger partial charge in [0.05, 0.1) is 11.1 Å². The van der Waals surface area contributed by atoms with E-state index in [1.54, 1.807) is 0 Å². The number of benzene rings is 1. The van der Waals surface area contributed by atoms with E-state index in [0.717, 1.165) is 28.3 Å². The topological polar surface area (TPSA) is 24.1 Å². The fourth-order valence-electron chi connectivity index (χ4n) is 1.21. The molecule has 0 aromatic heterocycles. The molecule has 1 aliphatic rings. The first-order valence-corrected chi connectivity index (χ1v) is 5.35. The lowest BCUT2D eigenvalue weighted by Gasteiger charge is -2.29. The Morgan fingerprint density at radius 3 is 2.77 bits per heavy atom. The van der Waals surface area contributed by atoms with E-state index in [-0.39, 0.29) is 0 Å². The minimum Gasteiger partial charge on any atom is -0.380 e. The van der Waals surface area contributed by atoms with Crippen LogP contribution in [-0.4, -0.2) is 19.1 Å². The molecule has 70 valence electrons. The minimum absolute atomic E-state index is 0.553. The molecule has 4 heteroatoms. The second-order valence-corrected chi connectivity index (χ2v) is 4.39. The Bertz CT molecular complexity index is 312. The zero-order valence-electron chi connectivity index (χ0n) is 6.98. The van der Waals surface area contributed by atoms with Gasteiger partial charge in [0.25, 0.3) is 0 Å². The van der Waals surface area contributed by atoms with Crippen LogP contribution >= 0.6 is 27.5 Å². The lowest BCUT2D eigenvalue weighted by Crippen LogP contribution is -2.51. The molecule has 0 unspecified atom stereocenters. The first-order valence-electron chi connectivity index (χ1n) is 4.18. The highest BCUT2D eigenvalue weighted by molar-refractivity contribution is 9.10. The maximum absolute atomic E-state index is 5.96. The van der Waals surface area contributed by atoms with Gasteiger partial charge in [-0.2, -0.15) is 0 Å². The predicted octanol–water partition coefficient (Wildman–Crippen LogP) is 2.49. The van der Waals surface area contributed by atoms with Crippen LogP contribution in [0.25, 0.3) is 0 Å². The Morgan fingerprint density at radius 2 is 2.23 bits per heavy atom. The average Bonchev–Trinajstić information content (AvgIpc) is 2.04. The van der Waals surface area contributed by atoms with Crippen molar-refractivity contribution in [3.8, 4) is 0 Å². The molecule has 1 aliphatic heterocycles. The minimum atomic E-state index is 0.553. The summed E-state index contributed by atoms with van der Waals surface area (Å²) in [4.78, 5) is 0. The summed E-state index contributed by atoms with van der Waals surface area (Å²) in [6.07, 6.45) is 0. The van der Waals surface area contributed by atoms with Crippen molar-refractivity contribution in [2.45, 2.75) is 6.04 Å². The van der Waals surface area contributed by atoms with Gasteiger partial charge in [-0.1, -0.05) is 11.6 Å². The van der Waals surface area contributed by atoms with Crippen molar-refractivity contribution >= 4 is 33.2 Å². The summed E-state index contributed by atoms with van der Waals surface area (Å²) in [6.45, 7) is 2.07. The highest BCUT2D eigenvalue weighted by Crippen LogP contribution is 2.25. The van der Waals surface area contributed by atoms with E-state index in [4.69, 9.17) is 11.6 Å². The summed E-state index contributed by atoms with van der Waals surface area (Å²) < 4.78 is 0.937. The van der Waals surface area contributed by atoms with Gasteiger partial charge in [0.1, 0.15) is 0 Å². The summed E-state index contributed by atoms with van der Waals surface area (Å²) >= 11 is 9.31. The molecular formula is C9H10BrClN2. The quantitative estimate of drug-likeness (QED) is 0.855. The van der Waals surface area contributed by atoms with E-state index in [2.05, 4.69) is 26.6 Å². The Kier molecular flexibility index (Phi) is 2.77. The molecule has 0 saturated carbocycles. The number of hydrogen-bond acceptors (Lipinski definition) is 2. The molecular weight excluding hydrogens is 251 g/mol. The van der Waals surface area contributed by atoms with Crippen molar-refractivity contribution in [1.82, 2.24) is 5.32 Å². The first kappa shape index (κ1) is 9.31. The maximum atomic E-state index is 5.96. The third kappa shape index (κ3) is 2.16. The zero-order chi connectivity index (χ0) is 9.26. The van der Waals surface area contributed by atoms with E-state index in [1.807, 2.05) is 18.2 Å². The van der Waals surface area contributed by atoms with Gasteiger partial charge < -0.3 is 10.6 Å². The average molecular weight is 262 g/mol. The molecule has 1 aromatic rings. The van der Waals surface area contributed by atoms with Crippen LogP contribution in [0.4, 0.5) is 5.69 Å². The summed E-state index contributed by atoms with van der Waals surface area (Å²) in [7, 11) is 0. The van der Waals surface area contributed by atoms with Gasteiger partial charge in [0.2, 0.25) is 0 Å². The number of nitrogens with one attached hydrogen (secondary N) is 2. The number of rotatable bonds is 2. The fourth-order valence-corrected chi connectivity index (χ4v) is 1.64. The van der Waals surface area contributed by atoms with Crippen LogP contribution in [0.2, 0.25) is 5.02 Å². The van der Waals surface area contributed by atoms with E-state index < -0.39 is 0 Å². The van der Waals surface area contributed by atoms with Crippen molar-refractivity contribution < 1.29 is 0 Å². The highest BCUT2D eigenvalue weighted by Gasteiger charge is 2.15. The molecule has 0 atom stereocenters. The third-order valence-electron chi connectivity index (χ3n) is 2.07. The fraction of sp³-hybridized carbons (Fsp3) is 0.333. The van der Waals surface area contributed by atoms with Gasteiger partial charge in [-0.3, -0.25) is 0 Å². The lowest BCUT2D eigenvalue weighted by molar-refractivity contribution is 0.472. The van der Waals surface area contributed by atoms with Crippen molar-refractivity contribution in [2.75, 3.05) is 18.4 Å². The van der Waals surface area contributed by atoms with E-state index in [9.17, 15) is 0 Å². The molecule has 0 amide bonds. The van der Waals surface area contributed by atoms with Gasteiger partial charge >= 0.3 is 0 Å². The summed E-state index contributed by atoms with van der Waals surface area (Å²) in [5.41, 5.74) is 1.08. The molecule has 2 rings (SSSR count). The zero-order valence-corrected chi connectivity index (χ0v) is 9.32. The highest BCUT2D eigenvalue weighted by atomic mass is 79.9. The number of anilines is 1. The predicted molar refractivity (Wildman–Crippen MR) is 59.4 cm³/mol. The SMILES string of the molecule is Clc1cc(NC2CNC2)ccc1Br. The second-order valence-electron chi connectivity index (χ2n) is 3.13. The smallest absolute Gasteiger partial charge is 0.0568 e. The molecule has 0 radical (unpaired) electrons. The van der Waals surface area contributed by atoms with Crippen molar-refractivity contribution in [3.05, 3.63) is 27.7 Å². The molecule has 1 aromatic carbocycles. The van der Waals surface area contributed by atoms with Crippen LogP contribution in [0.3, 0.4) is 0 Å². The van der Waals surface area contributed by atoms with Gasteiger partial charge in [-0.25, -0.2) is 0 Å². The van der Waals surface area contributed by atoms with Crippen LogP contribution in [0, 0.1) is 0 Å². The molecule has 2 nitrogen and oxygen atoms in total. The largest absolute Gasteiger partial charge is 0.380 e. The molecule has 1 heterocycles. The molecule has 1 saturated heterocycles. The number of halogens is 2. The van der Waals surface area contributed by atoms with Crippen LogP contribution in [0.5, 0.6) is 0 Å². The van der Waals surface area contributed by atoms with E-state index in [0.29, 0.717) is 6.04 Å².